The average molecular weight is 193 g/mol. The van der Waals surface area contributed by atoms with E-state index in [1.807, 2.05) is 12.1 Å². The standard InChI is InChI=1S/C12H19NO/c1-9(2)11-5-4-6-12(7-11)13-8-10(3)14/h4-7,9-10,13-14H,8H2,1-3H3. The van der Waals surface area contributed by atoms with E-state index in [-0.39, 0.29) is 6.10 Å². The lowest BCUT2D eigenvalue weighted by Crippen LogP contribution is -2.15. The highest BCUT2D eigenvalue weighted by Crippen LogP contribution is 2.18. The van der Waals surface area contributed by atoms with Gasteiger partial charge < -0.3 is 10.4 Å². The third kappa shape index (κ3) is 3.38. The van der Waals surface area contributed by atoms with E-state index >= 15 is 0 Å². The van der Waals surface area contributed by atoms with Crippen LogP contribution in [0.1, 0.15) is 32.3 Å². The fourth-order valence-corrected chi connectivity index (χ4v) is 1.27. The quantitative estimate of drug-likeness (QED) is 0.770. The van der Waals surface area contributed by atoms with Crippen LogP contribution in [0.15, 0.2) is 24.3 Å². The molecule has 2 heteroatoms. The molecule has 0 spiro atoms. The van der Waals surface area contributed by atoms with Gasteiger partial charge in [-0.05, 0) is 30.5 Å². The molecular formula is C12H19NO. The van der Waals surface area contributed by atoms with E-state index in [0.29, 0.717) is 12.5 Å². The zero-order valence-electron chi connectivity index (χ0n) is 9.12. The van der Waals surface area contributed by atoms with Crippen LogP contribution in [0.2, 0.25) is 0 Å². The molecule has 1 aromatic rings. The van der Waals surface area contributed by atoms with Gasteiger partial charge in [-0.3, -0.25) is 0 Å². The van der Waals surface area contributed by atoms with Crippen molar-refractivity contribution in [2.75, 3.05) is 11.9 Å². The highest BCUT2D eigenvalue weighted by molar-refractivity contribution is 5.46. The maximum atomic E-state index is 9.13. The minimum atomic E-state index is -0.308. The van der Waals surface area contributed by atoms with Gasteiger partial charge in [0.1, 0.15) is 0 Å². The SMILES string of the molecule is CC(O)CNc1cccc(C(C)C)c1. The van der Waals surface area contributed by atoms with Gasteiger partial charge in [0.25, 0.3) is 0 Å². The molecule has 0 fully saturated rings. The van der Waals surface area contributed by atoms with Crippen molar-refractivity contribution in [3.63, 3.8) is 0 Å². The smallest absolute Gasteiger partial charge is 0.0684 e. The van der Waals surface area contributed by atoms with Gasteiger partial charge in [0.05, 0.1) is 6.10 Å². The van der Waals surface area contributed by atoms with Crippen LogP contribution in [-0.2, 0) is 0 Å². The Labute approximate surface area is 86.0 Å². The number of benzene rings is 1. The van der Waals surface area contributed by atoms with Crippen molar-refractivity contribution in [3.05, 3.63) is 29.8 Å². The molecule has 0 aliphatic carbocycles. The van der Waals surface area contributed by atoms with Crippen LogP contribution < -0.4 is 5.32 Å². The lowest BCUT2D eigenvalue weighted by molar-refractivity contribution is 0.208. The second-order valence-corrected chi connectivity index (χ2v) is 4.01. The first-order chi connectivity index (χ1) is 6.59. The zero-order chi connectivity index (χ0) is 10.6. The van der Waals surface area contributed by atoms with Crippen LogP contribution in [0.3, 0.4) is 0 Å². The van der Waals surface area contributed by atoms with Gasteiger partial charge >= 0.3 is 0 Å². The van der Waals surface area contributed by atoms with Crippen molar-refractivity contribution in [3.8, 4) is 0 Å². The summed E-state index contributed by atoms with van der Waals surface area (Å²) >= 11 is 0. The molecule has 78 valence electrons. The van der Waals surface area contributed by atoms with Crippen LogP contribution >= 0.6 is 0 Å². The van der Waals surface area contributed by atoms with Gasteiger partial charge in [-0.25, -0.2) is 0 Å². The second kappa shape index (κ2) is 5.01. The van der Waals surface area contributed by atoms with E-state index in [4.69, 9.17) is 5.11 Å². The Morgan fingerprint density at radius 2 is 2.00 bits per heavy atom. The maximum absolute atomic E-state index is 9.13. The summed E-state index contributed by atoms with van der Waals surface area (Å²) in [5.74, 6) is 0.545. The van der Waals surface area contributed by atoms with Gasteiger partial charge in [-0.1, -0.05) is 26.0 Å². The summed E-state index contributed by atoms with van der Waals surface area (Å²) in [5.41, 5.74) is 2.40. The average Bonchev–Trinajstić information content (AvgIpc) is 2.15. The monoisotopic (exact) mass is 193 g/mol. The van der Waals surface area contributed by atoms with E-state index in [1.165, 1.54) is 5.56 Å². The van der Waals surface area contributed by atoms with Crippen molar-refractivity contribution in [1.29, 1.82) is 0 Å². The van der Waals surface area contributed by atoms with E-state index in [9.17, 15) is 0 Å². The van der Waals surface area contributed by atoms with Gasteiger partial charge in [0.2, 0.25) is 0 Å². The molecule has 1 aromatic carbocycles. The molecule has 0 bridgehead atoms. The highest BCUT2D eigenvalue weighted by Gasteiger charge is 2.00. The van der Waals surface area contributed by atoms with Crippen molar-refractivity contribution in [2.45, 2.75) is 32.8 Å². The Morgan fingerprint density at radius 3 is 2.57 bits per heavy atom. The molecule has 0 aromatic heterocycles. The van der Waals surface area contributed by atoms with Crippen molar-refractivity contribution in [1.82, 2.24) is 0 Å². The van der Waals surface area contributed by atoms with Crippen LogP contribution in [0.5, 0.6) is 0 Å². The fourth-order valence-electron chi connectivity index (χ4n) is 1.27. The first-order valence-corrected chi connectivity index (χ1v) is 5.11. The predicted octanol–water partition coefficient (Wildman–Crippen LogP) is 2.60. The highest BCUT2D eigenvalue weighted by atomic mass is 16.3. The summed E-state index contributed by atoms with van der Waals surface area (Å²) in [6, 6.07) is 8.32. The molecule has 0 aliphatic rings. The summed E-state index contributed by atoms with van der Waals surface area (Å²) in [6.45, 7) is 6.72. The maximum Gasteiger partial charge on any atom is 0.0684 e. The topological polar surface area (TPSA) is 32.3 Å². The first-order valence-electron chi connectivity index (χ1n) is 5.11. The Balaban J connectivity index is 2.64. The van der Waals surface area contributed by atoms with Crippen LogP contribution in [0.4, 0.5) is 5.69 Å². The number of anilines is 1. The molecule has 1 rings (SSSR count). The van der Waals surface area contributed by atoms with E-state index in [1.54, 1.807) is 6.92 Å². The number of aliphatic hydroxyl groups is 1. The van der Waals surface area contributed by atoms with Gasteiger partial charge in [-0.2, -0.15) is 0 Å². The van der Waals surface area contributed by atoms with E-state index in [0.717, 1.165) is 5.69 Å². The van der Waals surface area contributed by atoms with Gasteiger partial charge in [0.15, 0.2) is 0 Å². The van der Waals surface area contributed by atoms with Crippen LogP contribution in [0.25, 0.3) is 0 Å². The van der Waals surface area contributed by atoms with Crippen molar-refractivity contribution in [2.24, 2.45) is 0 Å². The minimum Gasteiger partial charge on any atom is -0.392 e. The second-order valence-electron chi connectivity index (χ2n) is 4.01. The predicted molar refractivity (Wildman–Crippen MR) is 60.7 cm³/mol. The van der Waals surface area contributed by atoms with Crippen molar-refractivity contribution >= 4 is 5.69 Å². The van der Waals surface area contributed by atoms with Crippen LogP contribution in [-0.4, -0.2) is 17.8 Å². The Morgan fingerprint density at radius 1 is 1.29 bits per heavy atom. The largest absolute Gasteiger partial charge is 0.392 e. The molecule has 14 heavy (non-hydrogen) atoms. The summed E-state index contributed by atoms with van der Waals surface area (Å²) in [5, 5.41) is 12.3. The van der Waals surface area contributed by atoms with Gasteiger partial charge in [-0.15, -0.1) is 0 Å². The molecule has 0 amide bonds. The molecule has 0 saturated carbocycles. The molecule has 2 N–H and O–H groups in total. The zero-order valence-corrected chi connectivity index (χ0v) is 9.12. The third-order valence-electron chi connectivity index (χ3n) is 2.15. The molecule has 0 heterocycles. The summed E-state index contributed by atoms with van der Waals surface area (Å²) in [4.78, 5) is 0. The Kier molecular flexibility index (Phi) is 3.96. The Bertz CT molecular complexity index is 281. The first kappa shape index (κ1) is 11.1. The molecule has 1 atom stereocenters. The third-order valence-corrected chi connectivity index (χ3v) is 2.15. The molecule has 0 aliphatic heterocycles. The lowest BCUT2D eigenvalue weighted by Gasteiger charge is -2.11. The Hall–Kier alpha value is -1.02. The fraction of sp³-hybridized carbons (Fsp3) is 0.500. The molecule has 0 radical (unpaired) electrons. The molecule has 0 saturated heterocycles. The van der Waals surface area contributed by atoms with E-state index < -0.39 is 0 Å². The lowest BCUT2D eigenvalue weighted by atomic mass is 10.0. The number of nitrogens with one attached hydrogen (secondary N) is 1. The van der Waals surface area contributed by atoms with Crippen LogP contribution in [0, 0.1) is 0 Å². The van der Waals surface area contributed by atoms with Gasteiger partial charge in [0, 0.05) is 12.2 Å². The number of rotatable bonds is 4. The van der Waals surface area contributed by atoms with E-state index in [2.05, 4.69) is 31.3 Å². The minimum absolute atomic E-state index is 0.308. The number of hydrogen-bond donors (Lipinski definition) is 2. The summed E-state index contributed by atoms with van der Waals surface area (Å²) in [7, 11) is 0. The molecule has 2 nitrogen and oxygen atoms in total. The number of aliphatic hydroxyl groups excluding tert-OH is 1. The van der Waals surface area contributed by atoms with Crippen molar-refractivity contribution < 1.29 is 5.11 Å². The molecular weight excluding hydrogens is 174 g/mol. The number of hydrogen-bond acceptors (Lipinski definition) is 2. The summed E-state index contributed by atoms with van der Waals surface area (Å²) < 4.78 is 0. The normalized spacial score (nSPS) is 12.9. The summed E-state index contributed by atoms with van der Waals surface area (Å²) in [6.07, 6.45) is -0.308. The molecule has 1 unspecified atom stereocenters.